The number of hydrogen-bond donors (Lipinski definition) is 3. The first-order valence-corrected chi connectivity index (χ1v) is 10.9. The summed E-state index contributed by atoms with van der Waals surface area (Å²) in [5.41, 5.74) is 1.00. The van der Waals surface area contributed by atoms with E-state index in [2.05, 4.69) is 58.5 Å². The van der Waals surface area contributed by atoms with Gasteiger partial charge in [0, 0.05) is 12.1 Å². The lowest BCUT2D eigenvalue weighted by atomic mass is 10.2. The topological polar surface area (TPSA) is 65.1 Å². The molecule has 1 saturated carbocycles. The summed E-state index contributed by atoms with van der Waals surface area (Å²) in [7, 11) is 0. The minimum absolute atomic E-state index is 0.164. The summed E-state index contributed by atoms with van der Waals surface area (Å²) in [5, 5.41) is 10.5. The molecular formula is C22H38N6. The highest BCUT2D eigenvalue weighted by molar-refractivity contribution is 5.69. The van der Waals surface area contributed by atoms with Crippen molar-refractivity contribution >= 4 is 17.5 Å². The number of allylic oxidation sites excluding steroid dienone is 2. The maximum atomic E-state index is 4.85. The number of aromatic nitrogens is 2. The molecule has 1 aromatic heterocycles. The highest BCUT2D eigenvalue weighted by atomic mass is 15.4. The molecule has 156 valence electrons. The monoisotopic (exact) mass is 386 g/mol. The zero-order valence-electron chi connectivity index (χ0n) is 18.0. The molecular weight excluding hydrogens is 348 g/mol. The molecule has 0 aromatic carbocycles. The van der Waals surface area contributed by atoms with E-state index >= 15 is 0 Å². The Labute approximate surface area is 170 Å². The van der Waals surface area contributed by atoms with Gasteiger partial charge in [-0.25, -0.2) is 4.98 Å². The van der Waals surface area contributed by atoms with Gasteiger partial charge in [0.1, 0.15) is 6.17 Å². The van der Waals surface area contributed by atoms with E-state index in [9.17, 15) is 0 Å². The van der Waals surface area contributed by atoms with Crippen LogP contribution < -0.4 is 20.9 Å². The summed E-state index contributed by atoms with van der Waals surface area (Å²) < 4.78 is 0. The van der Waals surface area contributed by atoms with E-state index in [1.54, 1.807) is 0 Å². The number of hydrogen-bond acceptors (Lipinski definition) is 6. The SMILES string of the molecule is C=CCC/C=C/NC1CNc2cnc(NC3CCCC3)nc2N1C(C)C.CC. The van der Waals surface area contributed by atoms with E-state index in [1.165, 1.54) is 25.7 Å². The van der Waals surface area contributed by atoms with E-state index in [4.69, 9.17) is 4.98 Å². The Balaban J connectivity index is 0.00000136. The fourth-order valence-corrected chi connectivity index (χ4v) is 3.69. The van der Waals surface area contributed by atoms with Gasteiger partial charge in [0.2, 0.25) is 5.95 Å². The van der Waals surface area contributed by atoms with Crippen molar-refractivity contribution < 1.29 is 0 Å². The highest BCUT2D eigenvalue weighted by Gasteiger charge is 2.29. The minimum atomic E-state index is 0.164. The third kappa shape index (κ3) is 5.88. The van der Waals surface area contributed by atoms with Crippen LogP contribution in [-0.2, 0) is 0 Å². The molecule has 0 saturated heterocycles. The van der Waals surface area contributed by atoms with Crippen LogP contribution in [0.15, 0.2) is 31.1 Å². The maximum Gasteiger partial charge on any atom is 0.224 e. The summed E-state index contributed by atoms with van der Waals surface area (Å²) in [5.74, 6) is 1.71. The number of anilines is 3. The van der Waals surface area contributed by atoms with Gasteiger partial charge in [-0.2, -0.15) is 4.98 Å². The third-order valence-corrected chi connectivity index (χ3v) is 5.02. The van der Waals surface area contributed by atoms with Gasteiger partial charge in [0.05, 0.1) is 18.4 Å². The van der Waals surface area contributed by atoms with Crippen molar-refractivity contribution in [3.8, 4) is 0 Å². The van der Waals surface area contributed by atoms with Crippen LogP contribution in [-0.4, -0.2) is 34.8 Å². The molecule has 3 rings (SSSR count). The number of fused-ring (bicyclic) bond motifs is 1. The van der Waals surface area contributed by atoms with E-state index in [1.807, 2.05) is 26.1 Å². The van der Waals surface area contributed by atoms with Gasteiger partial charge in [-0.15, -0.1) is 6.58 Å². The Morgan fingerprint density at radius 3 is 2.71 bits per heavy atom. The van der Waals surface area contributed by atoms with Gasteiger partial charge in [0.15, 0.2) is 5.82 Å². The second-order valence-corrected chi connectivity index (χ2v) is 7.39. The van der Waals surface area contributed by atoms with Gasteiger partial charge in [0.25, 0.3) is 0 Å². The summed E-state index contributed by atoms with van der Waals surface area (Å²) >= 11 is 0. The van der Waals surface area contributed by atoms with Crippen LogP contribution in [0.5, 0.6) is 0 Å². The zero-order valence-corrected chi connectivity index (χ0v) is 18.0. The van der Waals surface area contributed by atoms with E-state index in [-0.39, 0.29) is 6.17 Å². The van der Waals surface area contributed by atoms with Crippen LogP contribution >= 0.6 is 0 Å². The van der Waals surface area contributed by atoms with Gasteiger partial charge < -0.3 is 20.9 Å². The Kier molecular flexibility index (Phi) is 9.11. The first-order chi connectivity index (χ1) is 13.7. The molecule has 28 heavy (non-hydrogen) atoms. The number of nitrogens with one attached hydrogen (secondary N) is 3. The molecule has 1 unspecified atom stereocenters. The van der Waals surface area contributed by atoms with Crippen molar-refractivity contribution in [1.82, 2.24) is 15.3 Å². The average Bonchev–Trinajstić information content (AvgIpc) is 3.21. The Morgan fingerprint density at radius 2 is 2.04 bits per heavy atom. The van der Waals surface area contributed by atoms with Crippen LogP contribution in [0, 0.1) is 0 Å². The Morgan fingerprint density at radius 1 is 1.29 bits per heavy atom. The van der Waals surface area contributed by atoms with Gasteiger partial charge in [-0.3, -0.25) is 0 Å². The molecule has 1 fully saturated rings. The molecule has 1 aliphatic carbocycles. The van der Waals surface area contributed by atoms with Crippen LogP contribution in [0.2, 0.25) is 0 Å². The van der Waals surface area contributed by atoms with Crippen LogP contribution in [0.1, 0.15) is 66.2 Å². The molecule has 6 nitrogen and oxygen atoms in total. The molecule has 1 atom stereocenters. The van der Waals surface area contributed by atoms with Crippen LogP contribution in [0.3, 0.4) is 0 Å². The lowest BCUT2D eigenvalue weighted by Crippen LogP contribution is -2.54. The van der Waals surface area contributed by atoms with Crippen LogP contribution in [0.25, 0.3) is 0 Å². The average molecular weight is 387 g/mol. The maximum absolute atomic E-state index is 4.85. The molecule has 3 N–H and O–H groups in total. The first kappa shape index (κ1) is 22.1. The molecule has 2 aliphatic rings. The molecule has 1 aliphatic heterocycles. The normalized spacial score (nSPS) is 19.0. The molecule has 0 spiro atoms. The molecule has 6 heteroatoms. The molecule has 0 amide bonds. The molecule has 1 aromatic rings. The van der Waals surface area contributed by atoms with Gasteiger partial charge in [-0.1, -0.05) is 38.8 Å². The van der Waals surface area contributed by atoms with Crippen molar-refractivity contribution in [2.45, 2.75) is 84.5 Å². The quantitative estimate of drug-likeness (QED) is 0.436. The fraction of sp³-hybridized carbons (Fsp3) is 0.636. The van der Waals surface area contributed by atoms with Gasteiger partial charge in [-0.05, 0) is 45.7 Å². The number of unbranched alkanes of at least 4 members (excludes halogenated alkanes) is 1. The predicted molar refractivity (Wildman–Crippen MR) is 121 cm³/mol. The summed E-state index contributed by atoms with van der Waals surface area (Å²) in [4.78, 5) is 11.7. The van der Waals surface area contributed by atoms with Crippen molar-refractivity contribution in [1.29, 1.82) is 0 Å². The standard InChI is InChI=1S/C20H32N6.C2H6/c1-4-5-6-9-12-21-18-14-22-17-13-23-20(24-16-10-7-8-11-16)25-19(17)26(18)15(2)3;1-2/h4,9,12-13,15-16,18,21-22H,1,5-8,10-11,14H2,2-3H3,(H,23,24,25);1-2H3/b12-9+;. The molecule has 0 bridgehead atoms. The first-order valence-electron chi connectivity index (χ1n) is 10.9. The minimum Gasteiger partial charge on any atom is -0.377 e. The highest BCUT2D eigenvalue weighted by Crippen LogP contribution is 2.31. The molecule has 2 heterocycles. The third-order valence-electron chi connectivity index (χ3n) is 5.02. The predicted octanol–water partition coefficient (Wildman–Crippen LogP) is 4.89. The summed E-state index contributed by atoms with van der Waals surface area (Å²) in [6, 6.07) is 0.850. The number of nitrogens with zero attached hydrogens (tertiary/aromatic N) is 3. The van der Waals surface area contributed by atoms with Crippen LogP contribution in [0.4, 0.5) is 17.5 Å². The lowest BCUT2D eigenvalue weighted by molar-refractivity contribution is 0.504. The van der Waals surface area contributed by atoms with Gasteiger partial charge >= 0.3 is 0 Å². The van der Waals surface area contributed by atoms with E-state index in [0.29, 0.717) is 12.1 Å². The van der Waals surface area contributed by atoms with Crippen molar-refractivity contribution in [2.24, 2.45) is 0 Å². The fourth-order valence-electron chi connectivity index (χ4n) is 3.69. The van der Waals surface area contributed by atoms with Crippen molar-refractivity contribution in [3.63, 3.8) is 0 Å². The van der Waals surface area contributed by atoms with E-state index in [0.717, 1.165) is 36.8 Å². The second kappa shape index (κ2) is 11.6. The Hall–Kier alpha value is -2.24. The second-order valence-electron chi connectivity index (χ2n) is 7.39. The van der Waals surface area contributed by atoms with Crippen molar-refractivity contribution in [2.75, 3.05) is 22.1 Å². The summed E-state index contributed by atoms with van der Waals surface area (Å²) in [6.07, 6.45) is 15.3. The largest absolute Gasteiger partial charge is 0.377 e. The van der Waals surface area contributed by atoms with E-state index < -0.39 is 0 Å². The smallest absolute Gasteiger partial charge is 0.224 e. The Bertz CT molecular complexity index is 621. The zero-order chi connectivity index (χ0) is 20.4. The molecule has 0 radical (unpaired) electrons. The summed E-state index contributed by atoms with van der Waals surface area (Å²) in [6.45, 7) is 13.0. The lowest BCUT2D eigenvalue weighted by Gasteiger charge is -2.41. The number of rotatable bonds is 8. The van der Waals surface area contributed by atoms with Crippen molar-refractivity contribution in [3.05, 3.63) is 31.1 Å².